The fraction of sp³-hybridized carbons (Fsp3) is 0.400. The van der Waals surface area contributed by atoms with Crippen molar-refractivity contribution >= 4 is 0 Å². The van der Waals surface area contributed by atoms with E-state index in [9.17, 15) is 0 Å². The molecule has 0 unspecified atom stereocenters. The number of nitrogens with zero attached hydrogens (tertiary/aromatic N) is 1. The van der Waals surface area contributed by atoms with Crippen molar-refractivity contribution in [3.63, 3.8) is 0 Å². The highest BCUT2D eigenvalue weighted by atomic mass is 35.5. The second-order valence-corrected chi connectivity index (χ2v) is 5.01. The number of likely N-dealkylation sites (tertiary alicyclic amines) is 1. The number of nitrogens with one attached hydrogen (secondary N) is 1. The molecule has 1 fully saturated rings. The lowest BCUT2D eigenvalue weighted by atomic mass is 10.1. The molecule has 1 aromatic heterocycles. The highest BCUT2D eigenvalue weighted by Gasteiger charge is 2.16. The van der Waals surface area contributed by atoms with E-state index in [4.69, 9.17) is 4.52 Å². The summed E-state index contributed by atoms with van der Waals surface area (Å²) in [5.74, 6) is 0.877. The van der Waals surface area contributed by atoms with Crippen LogP contribution in [0.5, 0.6) is 0 Å². The molecule has 0 radical (unpaired) electrons. The van der Waals surface area contributed by atoms with Crippen molar-refractivity contribution in [2.24, 2.45) is 0 Å². The SMILES string of the molecule is [Cl-].c1ccc(-c2cc(CC[NH+]3CCCC3)no2)cc1. The van der Waals surface area contributed by atoms with Gasteiger partial charge >= 0.3 is 0 Å². The van der Waals surface area contributed by atoms with Crippen molar-refractivity contribution in [3.05, 3.63) is 42.1 Å². The Morgan fingerprint density at radius 2 is 1.84 bits per heavy atom. The highest BCUT2D eigenvalue weighted by molar-refractivity contribution is 5.56. The maximum absolute atomic E-state index is 5.41. The fourth-order valence-corrected chi connectivity index (χ4v) is 2.60. The number of hydrogen-bond acceptors (Lipinski definition) is 2. The third-order valence-corrected chi connectivity index (χ3v) is 3.66. The first-order valence-electron chi connectivity index (χ1n) is 6.76. The van der Waals surface area contributed by atoms with Crippen molar-refractivity contribution in [2.75, 3.05) is 19.6 Å². The van der Waals surface area contributed by atoms with Crippen LogP contribution >= 0.6 is 0 Å². The number of quaternary nitrogens is 1. The first kappa shape index (κ1) is 14.1. The third kappa shape index (κ3) is 3.58. The maximum atomic E-state index is 5.41. The molecule has 1 aliphatic heterocycles. The second kappa shape index (κ2) is 6.73. The molecule has 4 heteroatoms. The smallest absolute Gasteiger partial charge is 0.167 e. The quantitative estimate of drug-likeness (QED) is 0.743. The number of benzene rings is 1. The predicted octanol–water partition coefficient (Wildman–Crippen LogP) is -1.43. The van der Waals surface area contributed by atoms with Crippen LogP contribution in [0.15, 0.2) is 40.9 Å². The maximum Gasteiger partial charge on any atom is 0.167 e. The number of halogens is 1. The zero-order valence-corrected chi connectivity index (χ0v) is 11.7. The molecule has 1 aliphatic rings. The van der Waals surface area contributed by atoms with Gasteiger partial charge in [0.1, 0.15) is 0 Å². The number of aromatic nitrogens is 1. The standard InChI is InChI=1S/C15H18N2O.ClH/c1-2-6-13(7-3-1)15-12-14(16-18-15)8-11-17-9-4-5-10-17;/h1-3,6-7,12H,4-5,8-11H2;1H. The van der Waals surface area contributed by atoms with Crippen LogP contribution in [0.2, 0.25) is 0 Å². The van der Waals surface area contributed by atoms with Gasteiger partial charge in [-0.2, -0.15) is 0 Å². The fourth-order valence-electron chi connectivity index (χ4n) is 2.60. The van der Waals surface area contributed by atoms with Gasteiger partial charge in [-0.25, -0.2) is 0 Å². The van der Waals surface area contributed by atoms with Crippen molar-refractivity contribution in [2.45, 2.75) is 19.3 Å². The Balaban J connectivity index is 0.00000133. The van der Waals surface area contributed by atoms with Crippen molar-refractivity contribution in [1.29, 1.82) is 0 Å². The minimum atomic E-state index is 0. The van der Waals surface area contributed by atoms with Gasteiger partial charge in [0.05, 0.1) is 25.3 Å². The molecule has 1 aromatic carbocycles. The Labute approximate surface area is 120 Å². The van der Waals surface area contributed by atoms with Gasteiger partial charge in [-0.3, -0.25) is 0 Å². The summed E-state index contributed by atoms with van der Waals surface area (Å²) in [4.78, 5) is 1.71. The van der Waals surface area contributed by atoms with Gasteiger partial charge in [0.2, 0.25) is 0 Å². The number of hydrogen-bond donors (Lipinski definition) is 1. The molecule has 2 aromatic rings. The first-order valence-corrected chi connectivity index (χ1v) is 6.76. The topological polar surface area (TPSA) is 30.5 Å². The van der Waals surface area contributed by atoms with Crippen LogP contribution < -0.4 is 17.3 Å². The summed E-state index contributed by atoms with van der Waals surface area (Å²) in [6.07, 6.45) is 3.78. The lowest BCUT2D eigenvalue weighted by Crippen LogP contribution is -3.10. The van der Waals surface area contributed by atoms with E-state index in [-0.39, 0.29) is 12.4 Å². The van der Waals surface area contributed by atoms with Crippen molar-refractivity contribution < 1.29 is 21.8 Å². The molecule has 19 heavy (non-hydrogen) atoms. The largest absolute Gasteiger partial charge is 1.00 e. The van der Waals surface area contributed by atoms with Crippen LogP contribution in [0.4, 0.5) is 0 Å². The Hall–Kier alpha value is -1.32. The summed E-state index contributed by atoms with van der Waals surface area (Å²) in [6, 6.07) is 12.2. The Bertz CT molecular complexity index is 492. The van der Waals surface area contributed by atoms with Crippen LogP contribution in [0.1, 0.15) is 18.5 Å². The molecule has 0 saturated carbocycles. The van der Waals surface area contributed by atoms with Crippen LogP contribution in [-0.2, 0) is 6.42 Å². The summed E-state index contributed by atoms with van der Waals surface area (Å²) in [5, 5.41) is 4.17. The first-order chi connectivity index (χ1) is 8.92. The van der Waals surface area contributed by atoms with E-state index < -0.39 is 0 Å². The average Bonchev–Trinajstić information content (AvgIpc) is 3.09. The molecule has 2 heterocycles. The molecule has 1 N–H and O–H groups in total. The second-order valence-electron chi connectivity index (χ2n) is 5.01. The van der Waals surface area contributed by atoms with Gasteiger partial charge in [-0.1, -0.05) is 35.5 Å². The molecular weight excluding hydrogens is 260 g/mol. The predicted molar refractivity (Wildman–Crippen MR) is 70.4 cm³/mol. The molecule has 0 amide bonds. The average molecular weight is 279 g/mol. The van der Waals surface area contributed by atoms with E-state index in [0.717, 1.165) is 23.4 Å². The summed E-state index contributed by atoms with van der Waals surface area (Å²) >= 11 is 0. The molecule has 3 rings (SSSR count). The van der Waals surface area contributed by atoms with E-state index in [2.05, 4.69) is 23.4 Å². The van der Waals surface area contributed by atoms with Crippen molar-refractivity contribution in [3.8, 4) is 11.3 Å². The van der Waals surface area contributed by atoms with Crippen molar-refractivity contribution in [1.82, 2.24) is 5.16 Å². The zero-order valence-electron chi connectivity index (χ0n) is 10.9. The summed E-state index contributed by atoms with van der Waals surface area (Å²) < 4.78 is 5.41. The van der Waals surface area contributed by atoms with E-state index in [1.807, 2.05) is 18.2 Å². The molecular formula is C15H19ClN2O. The van der Waals surface area contributed by atoms with Gasteiger partial charge < -0.3 is 21.8 Å². The van der Waals surface area contributed by atoms with Gasteiger partial charge in [0, 0.05) is 30.9 Å². The molecule has 0 bridgehead atoms. The Morgan fingerprint density at radius 3 is 2.58 bits per heavy atom. The lowest BCUT2D eigenvalue weighted by molar-refractivity contribution is -0.887. The Kier molecular flexibility index (Phi) is 5.00. The Morgan fingerprint density at radius 1 is 1.11 bits per heavy atom. The molecule has 3 nitrogen and oxygen atoms in total. The number of rotatable bonds is 4. The highest BCUT2D eigenvalue weighted by Crippen LogP contribution is 2.19. The lowest BCUT2D eigenvalue weighted by Gasteiger charge is -2.09. The molecule has 102 valence electrons. The van der Waals surface area contributed by atoms with Crippen LogP contribution in [0.3, 0.4) is 0 Å². The van der Waals surface area contributed by atoms with Crippen LogP contribution in [0.25, 0.3) is 11.3 Å². The molecule has 0 aliphatic carbocycles. The van der Waals surface area contributed by atoms with Gasteiger partial charge in [-0.05, 0) is 0 Å². The molecule has 0 spiro atoms. The summed E-state index contributed by atoms with van der Waals surface area (Å²) in [7, 11) is 0. The van der Waals surface area contributed by atoms with E-state index in [1.165, 1.54) is 32.5 Å². The minimum Gasteiger partial charge on any atom is -1.00 e. The summed E-state index contributed by atoms with van der Waals surface area (Å²) in [5.41, 5.74) is 2.18. The normalized spacial score (nSPS) is 15.4. The third-order valence-electron chi connectivity index (χ3n) is 3.66. The minimum absolute atomic E-state index is 0. The van der Waals surface area contributed by atoms with Gasteiger partial charge in [-0.15, -0.1) is 0 Å². The zero-order chi connectivity index (χ0) is 12.2. The van der Waals surface area contributed by atoms with E-state index in [0.29, 0.717) is 0 Å². The van der Waals surface area contributed by atoms with E-state index in [1.54, 1.807) is 4.90 Å². The molecule has 0 atom stereocenters. The van der Waals surface area contributed by atoms with Gasteiger partial charge in [0.25, 0.3) is 0 Å². The van der Waals surface area contributed by atoms with E-state index >= 15 is 0 Å². The van der Waals surface area contributed by atoms with Crippen LogP contribution in [0, 0.1) is 0 Å². The van der Waals surface area contributed by atoms with Gasteiger partial charge in [0.15, 0.2) is 5.76 Å². The van der Waals surface area contributed by atoms with Crippen LogP contribution in [-0.4, -0.2) is 24.8 Å². The monoisotopic (exact) mass is 278 g/mol. The molecule has 1 saturated heterocycles. The summed E-state index contributed by atoms with van der Waals surface area (Å²) in [6.45, 7) is 3.83.